The Bertz CT molecular complexity index is 619. The van der Waals surface area contributed by atoms with Gasteiger partial charge < -0.3 is 14.4 Å². The summed E-state index contributed by atoms with van der Waals surface area (Å²) in [5.41, 5.74) is 0.797. The first-order valence-corrected chi connectivity index (χ1v) is 9.54. The van der Waals surface area contributed by atoms with Crippen LogP contribution in [0.3, 0.4) is 0 Å². The summed E-state index contributed by atoms with van der Waals surface area (Å²) in [5, 5.41) is 0. The molecule has 4 atom stereocenters. The molecule has 3 rings (SSSR count). The maximum absolute atomic E-state index is 12.8. The number of halogens is 1. The van der Waals surface area contributed by atoms with Crippen molar-refractivity contribution in [2.45, 2.75) is 56.7 Å². The van der Waals surface area contributed by atoms with Crippen molar-refractivity contribution in [3.63, 3.8) is 0 Å². The zero-order valence-corrected chi connectivity index (χ0v) is 16.2. The Labute approximate surface area is 156 Å². The van der Waals surface area contributed by atoms with E-state index in [0.717, 1.165) is 22.9 Å². The quantitative estimate of drug-likeness (QED) is 0.698. The lowest BCUT2D eigenvalue weighted by Crippen LogP contribution is -2.44. The van der Waals surface area contributed by atoms with E-state index in [1.807, 2.05) is 24.3 Å². The molecule has 0 radical (unpaired) electrons. The molecule has 2 heterocycles. The molecule has 2 aliphatic rings. The third-order valence-corrected chi connectivity index (χ3v) is 5.88. The van der Waals surface area contributed by atoms with Crippen LogP contribution in [0.1, 0.15) is 44.1 Å². The minimum atomic E-state index is -0.589. The van der Waals surface area contributed by atoms with E-state index in [1.54, 1.807) is 0 Å². The lowest BCUT2D eigenvalue weighted by molar-refractivity contribution is -0.157. The molecule has 136 valence electrons. The van der Waals surface area contributed by atoms with Crippen LogP contribution in [0.4, 0.5) is 0 Å². The predicted octanol–water partition coefficient (Wildman–Crippen LogP) is 3.26. The fourth-order valence-electron chi connectivity index (χ4n) is 3.90. The van der Waals surface area contributed by atoms with E-state index in [9.17, 15) is 9.59 Å². The normalized spacial score (nSPS) is 26.9. The van der Waals surface area contributed by atoms with Crippen LogP contribution >= 0.6 is 15.9 Å². The summed E-state index contributed by atoms with van der Waals surface area (Å²) in [6.45, 7) is 1.36. The molecule has 0 N–H and O–H groups in total. The van der Waals surface area contributed by atoms with Crippen LogP contribution < -0.4 is 0 Å². The fraction of sp³-hybridized carbons (Fsp3) is 0.579. The molecule has 5 nitrogen and oxygen atoms in total. The minimum Gasteiger partial charge on any atom is -0.465 e. The molecule has 1 unspecified atom stereocenters. The van der Waals surface area contributed by atoms with Crippen molar-refractivity contribution in [1.82, 2.24) is 4.90 Å². The Balaban J connectivity index is 1.68. The fourth-order valence-corrected chi connectivity index (χ4v) is 4.16. The number of carbonyl (C=O) groups is 2. The highest BCUT2D eigenvalue weighted by molar-refractivity contribution is 9.10. The third kappa shape index (κ3) is 4.42. The number of benzene rings is 1. The predicted molar refractivity (Wildman–Crippen MR) is 97.2 cm³/mol. The van der Waals surface area contributed by atoms with Gasteiger partial charge in [-0.1, -0.05) is 28.1 Å². The first kappa shape index (κ1) is 18.4. The molecule has 0 amide bonds. The lowest BCUT2D eigenvalue weighted by Gasteiger charge is -2.36. The highest BCUT2D eigenvalue weighted by Crippen LogP contribution is 2.36. The molecule has 0 saturated carbocycles. The number of hydrogen-bond acceptors (Lipinski definition) is 5. The highest BCUT2D eigenvalue weighted by atomic mass is 79.9. The van der Waals surface area contributed by atoms with Crippen LogP contribution in [0.5, 0.6) is 0 Å². The van der Waals surface area contributed by atoms with E-state index in [0.29, 0.717) is 12.1 Å². The Morgan fingerprint density at radius 3 is 2.36 bits per heavy atom. The molecule has 0 aromatic heterocycles. The molecule has 2 fully saturated rings. The van der Waals surface area contributed by atoms with Crippen molar-refractivity contribution < 1.29 is 19.1 Å². The van der Waals surface area contributed by atoms with Gasteiger partial charge in [0.15, 0.2) is 0 Å². The second kappa shape index (κ2) is 7.87. The van der Waals surface area contributed by atoms with Gasteiger partial charge in [0.25, 0.3) is 0 Å². The molecule has 0 aliphatic carbocycles. The van der Waals surface area contributed by atoms with Crippen molar-refractivity contribution in [3.05, 3.63) is 34.3 Å². The molecule has 0 spiro atoms. The summed E-state index contributed by atoms with van der Waals surface area (Å²) in [6.07, 6.45) is 4.09. The van der Waals surface area contributed by atoms with Gasteiger partial charge in [0.05, 0.1) is 0 Å². The summed E-state index contributed by atoms with van der Waals surface area (Å²) < 4.78 is 11.9. The number of nitrogens with zero attached hydrogens (tertiary/aromatic N) is 1. The van der Waals surface area contributed by atoms with Gasteiger partial charge in [-0.3, -0.25) is 9.59 Å². The molecular weight excluding hydrogens is 386 g/mol. The van der Waals surface area contributed by atoms with Gasteiger partial charge in [-0.15, -0.1) is 0 Å². The number of rotatable bonds is 5. The van der Waals surface area contributed by atoms with Crippen molar-refractivity contribution in [2.24, 2.45) is 0 Å². The summed E-state index contributed by atoms with van der Waals surface area (Å²) in [6, 6.07) is 8.49. The van der Waals surface area contributed by atoms with Crippen LogP contribution in [0.25, 0.3) is 0 Å². The van der Waals surface area contributed by atoms with E-state index < -0.39 is 11.9 Å². The van der Waals surface area contributed by atoms with Gasteiger partial charge in [0.2, 0.25) is 0 Å². The first-order valence-electron chi connectivity index (χ1n) is 8.75. The third-order valence-electron chi connectivity index (χ3n) is 5.35. The van der Waals surface area contributed by atoms with Crippen LogP contribution in [0, 0.1) is 0 Å². The molecule has 2 saturated heterocycles. The first-order chi connectivity index (χ1) is 11.9. The van der Waals surface area contributed by atoms with Gasteiger partial charge in [-0.25, -0.2) is 0 Å². The number of esters is 2. The maximum atomic E-state index is 12.8. The zero-order valence-electron chi connectivity index (χ0n) is 14.6. The number of fused-ring (bicyclic) bond motifs is 2. The Kier molecular flexibility index (Phi) is 5.79. The van der Waals surface area contributed by atoms with E-state index in [1.165, 1.54) is 19.8 Å². The van der Waals surface area contributed by atoms with Crippen molar-refractivity contribution >= 4 is 27.9 Å². The molecule has 25 heavy (non-hydrogen) atoms. The zero-order chi connectivity index (χ0) is 18.0. The van der Waals surface area contributed by atoms with E-state index >= 15 is 0 Å². The monoisotopic (exact) mass is 409 g/mol. The van der Waals surface area contributed by atoms with Crippen LogP contribution in [0.2, 0.25) is 0 Å². The molecule has 2 aliphatic heterocycles. The Morgan fingerprint density at radius 1 is 1.20 bits per heavy atom. The smallest absolute Gasteiger partial charge is 0.317 e. The van der Waals surface area contributed by atoms with Crippen LogP contribution in [0.15, 0.2) is 28.7 Å². The average molecular weight is 410 g/mol. The summed E-state index contributed by atoms with van der Waals surface area (Å²) in [4.78, 5) is 26.4. The number of ether oxygens (including phenoxy) is 2. The standard InChI is InChI=1S/C19H24BrNO4/c1-12(22)24-11-18(13-3-5-14(20)6-4-13)19(23)25-17-9-15-7-8-16(10-17)21(15)2/h3-6,15-18H,7-11H2,1-2H3/t15-,16+,17?,18-/m1/s1. The van der Waals surface area contributed by atoms with Gasteiger partial charge in [0, 0.05) is 23.5 Å². The molecule has 2 bridgehead atoms. The number of piperidine rings is 1. The Hall–Kier alpha value is -1.40. The van der Waals surface area contributed by atoms with Crippen molar-refractivity contribution in [1.29, 1.82) is 0 Å². The summed E-state index contributed by atoms with van der Waals surface area (Å²) in [7, 11) is 2.16. The number of carbonyl (C=O) groups excluding carboxylic acids is 2. The van der Waals surface area contributed by atoms with Gasteiger partial charge in [-0.05, 0) is 50.4 Å². The SMILES string of the molecule is CC(=O)OC[C@@H](C(=O)OC1C[C@H]2CC[C@@H](C1)N2C)c1ccc(Br)cc1. The lowest BCUT2D eigenvalue weighted by atomic mass is 9.98. The molecular formula is C19H24BrNO4. The van der Waals surface area contributed by atoms with Gasteiger partial charge in [-0.2, -0.15) is 0 Å². The summed E-state index contributed by atoms with van der Waals surface area (Å²) in [5.74, 6) is -1.29. The topological polar surface area (TPSA) is 55.8 Å². The van der Waals surface area contributed by atoms with Crippen LogP contribution in [-0.4, -0.2) is 48.7 Å². The van der Waals surface area contributed by atoms with E-state index in [2.05, 4.69) is 27.9 Å². The summed E-state index contributed by atoms with van der Waals surface area (Å²) >= 11 is 3.39. The highest BCUT2D eigenvalue weighted by Gasteiger charge is 2.40. The van der Waals surface area contributed by atoms with Crippen molar-refractivity contribution in [3.8, 4) is 0 Å². The Morgan fingerprint density at radius 2 is 1.80 bits per heavy atom. The van der Waals surface area contributed by atoms with Crippen LogP contribution in [-0.2, 0) is 19.1 Å². The second-order valence-electron chi connectivity index (χ2n) is 6.99. The van der Waals surface area contributed by atoms with Gasteiger partial charge in [0.1, 0.15) is 18.6 Å². The second-order valence-corrected chi connectivity index (χ2v) is 7.90. The molecule has 1 aromatic carbocycles. The van der Waals surface area contributed by atoms with Gasteiger partial charge >= 0.3 is 11.9 Å². The molecule has 6 heteroatoms. The maximum Gasteiger partial charge on any atom is 0.317 e. The average Bonchev–Trinajstić information content (AvgIpc) is 2.78. The van der Waals surface area contributed by atoms with E-state index in [4.69, 9.17) is 9.47 Å². The van der Waals surface area contributed by atoms with E-state index in [-0.39, 0.29) is 18.7 Å². The number of hydrogen-bond donors (Lipinski definition) is 0. The van der Waals surface area contributed by atoms with Crippen molar-refractivity contribution in [2.75, 3.05) is 13.7 Å². The minimum absolute atomic E-state index is 0.00921. The molecule has 1 aromatic rings. The largest absolute Gasteiger partial charge is 0.465 e.